The van der Waals surface area contributed by atoms with Gasteiger partial charge in [0.2, 0.25) is 0 Å². The van der Waals surface area contributed by atoms with Crippen molar-refractivity contribution in [3.63, 3.8) is 0 Å². The topological polar surface area (TPSA) is 91.0 Å². The average Bonchev–Trinajstić information content (AvgIpc) is 2.83. The van der Waals surface area contributed by atoms with Gasteiger partial charge in [0, 0.05) is 10.4 Å². The third-order valence-corrected chi connectivity index (χ3v) is 4.51. The number of Topliss-reactive ketones (excluding diaryl/α,β-unsaturated/α-hetero) is 1. The van der Waals surface area contributed by atoms with E-state index in [9.17, 15) is 9.59 Å². The molecule has 0 aliphatic carbocycles. The maximum atomic E-state index is 12.1. The molecular weight excluding hydrogens is 300 g/mol. The standard InChI is InChI=1S/C16H14N2O3S/c1-9-11-5-3-4-6-14(11)22-15(9)16(20)21-8-13(19)12(7-17)10(2)18/h3-6,12,18H,8H2,1-2H3/t12-/m1/s1. The Hall–Kier alpha value is -2.52. The predicted molar refractivity (Wildman–Crippen MR) is 84.4 cm³/mol. The molecule has 0 fully saturated rings. The Kier molecular flexibility index (Phi) is 4.68. The van der Waals surface area contributed by atoms with Crippen molar-refractivity contribution in [3.05, 3.63) is 34.7 Å². The Bertz CT molecular complexity index is 801. The van der Waals surface area contributed by atoms with Crippen molar-refractivity contribution in [2.24, 2.45) is 5.92 Å². The van der Waals surface area contributed by atoms with Crippen molar-refractivity contribution in [1.82, 2.24) is 0 Å². The molecule has 2 aromatic rings. The number of nitrogens with one attached hydrogen (secondary N) is 1. The lowest BCUT2D eigenvalue weighted by Crippen LogP contribution is -2.25. The fraction of sp³-hybridized carbons (Fsp3) is 0.250. The number of hydrogen-bond acceptors (Lipinski definition) is 6. The van der Waals surface area contributed by atoms with Crippen LogP contribution in [0.4, 0.5) is 0 Å². The lowest BCUT2D eigenvalue weighted by molar-refractivity contribution is -0.122. The molecule has 22 heavy (non-hydrogen) atoms. The van der Waals surface area contributed by atoms with Gasteiger partial charge in [0.05, 0.1) is 6.07 Å². The van der Waals surface area contributed by atoms with Gasteiger partial charge in [-0.3, -0.25) is 4.79 Å². The van der Waals surface area contributed by atoms with Gasteiger partial charge in [-0.05, 0) is 30.9 Å². The summed E-state index contributed by atoms with van der Waals surface area (Å²) in [5, 5.41) is 17.2. The van der Waals surface area contributed by atoms with Crippen LogP contribution in [0.2, 0.25) is 0 Å². The molecule has 1 atom stereocenters. The third-order valence-electron chi connectivity index (χ3n) is 3.26. The number of benzene rings is 1. The molecule has 1 heterocycles. The number of fused-ring (bicyclic) bond motifs is 1. The highest BCUT2D eigenvalue weighted by molar-refractivity contribution is 7.21. The molecule has 1 N–H and O–H groups in total. The van der Waals surface area contributed by atoms with E-state index in [1.165, 1.54) is 18.3 Å². The van der Waals surface area contributed by atoms with Crippen LogP contribution in [0.1, 0.15) is 22.2 Å². The zero-order chi connectivity index (χ0) is 16.3. The molecule has 0 radical (unpaired) electrons. The molecule has 0 unspecified atom stereocenters. The second-order valence-electron chi connectivity index (χ2n) is 4.84. The van der Waals surface area contributed by atoms with Crippen LogP contribution in [0.5, 0.6) is 0 Å². The summed E-state index contributed by atoms with van der Waals surface area (Å²) in [6.07, 6.45) is 0. The molecule has 0 saturated heterocycles. The molecular formula is C16H14N2O3S. The van der Waals surface area contributed by atoms with Crippen molar-refractivity contribution in [3.8, 4) is 6.07 Å². The molecule has 0 aliphatic rings. The maximum absolute atomic E-state index is 12.1. The van der Waals surface area contributed by atoms with Crippen LogP contribution >= 0.6 is 11.3 Å². The number of ketones is 1. The number of aryl methyl sites for hydroxylation is 1. The highest BCUT2D eigenvalue weighted by Gasteiger charge is 2.23. The molecule has 2 rings (SSSR count). The molecule has 0 bridgehead atoms. The van der Waals surface area contributed by atoms with E-state index in [2.05, 4.69) is 0 Å². The van der Waals surface area contributed by atoms with Crippen LogP contribution in [0.15, 0.2) is 24.3 Å². The lowest BCUT2D eigenvalue weighted by Gasteiger charge is -2.07. The Morgan fingerprint density at radius 3 is 2.68 bits per heavy atom. The number of carbonyl (C=O) groups is 2. The molecule has 1 aromatic carbocycles. The van der Waals surface area contributed by atoms with Crippen LogP contribution in [-0.2, 0) is 9.53 Å². The average molecular weight is 314 g/mol. The minimum absolute atomic E-state index is 0.0541. The molecule has 1 aromatic heterocycles. The quantitative estimate of drug-likeness (QED) is 0.678. The monoisotopic (exact) mass is 314 g/mol. The van der Waals surface area contributed by atoms with Gasteiger partial charge in [0.25, 0.3) is 0 Å². The fourth-order valence-corrected chi connectivity index (χ4v) is 3.17. The van der Waals surface area contributed by atoms with Crippen molar-refractivity contribution < 1.29 is 14.3 Å². The zero-order valence-corrected chi connectivity index (χ0v) is 13.0. The Morgan fingerprint density at radius 2 is 2.09 bits per heavy atom. The second kappa shape index (κ2) is 6.50. The van der Waals surface area contributed by atoms with Crippen LogP contribution < -0.4 is 0 Å². The van der Waals surface area contributed by atoms with Gasteiger partial charge in [-0.15, -0.1) is 11.3 Å². The fourth-order valence-electron chi connectivity index (χ4n) is 2.06. The summed E-state index contributed by atoms with van der Waals surface area (Å²) in [5.41, 5.74) is 0.764. The van der Waals surface area contributed by atoms with Crippen molar-refractivity contribution >= 4 is 38.9 Å². The van der Waals surface area contributed by atoms with E-state index in [-0.39, 0.29) is 5.71 Å². The summed E-state index contributed by atoms with van der Waals surface area (Å²) >= 11 is 1.31. The smallest absolute Gasteiger partial charge is 0.349 e. The Balaban J connectivity index is 2.12. The van der Waals surface area contributed by atoms with Gasteiger partial charge in [-0.1, -0.05) is 18.2 Å². The lowest BCUT2D eigenvalue weighted by atomic mass is 10.0. The number of hydrogen-bond donors (Lipinski definition) is 1. The molecule has 6 heteroatoms. The molecule has 0 aliphatic heterocycles. The zero-order valence-electron chi connectivity index (χ0n) is 12.2. The summed E-state index contributed by atoms with van der Waals surface area (Å²) < 4.78 is 5.98. The maximum Gasteiger partial charge on any atom is 0.349 e. The third kappa shape index (κ3) is 3.05. The van der Waals surface area contributed by atoms with Crippen molar-refractivity contribution in [2.45, 2.75) is 13.8 Å². The number of carbonyl (C=O) groups excluding carboxylic acids is 2. The number of thiophene rings is 1. The summed E-state index contributed by atoms with van der Waals surface area (Å²) in [5.74, 6) is -2.32. The van der Waals surface area contributed by atoms with Gasteiger partial charge in [0.1, 0.15) is 10.8 Å². The highest BCUT2D eigenvalue weighted by Crippen LogP contribution is 2.30. The van der Waals surface area contributed by atoms with Gasteiger partial charge in [-0.2, -0.15) is 5.26 Å². The van der Waals surface area contributed by atoms with Gasteiger partial charge in [0.15, 0.2) is 12.4 Å². The van der Waals surface area contributed by atoms with E-state index in [4.69, 9.17) is 15.4 Å². The predicted octanol–water partition coefficient (Wildman–Crippen LogP) is 3.12. The van der Waals surface area contributed by atoms with Crippen LogP contribution in [-0.4, -0.2) is 24.1 Å². The van der Waals surface area contributed by atoms with E-state index in [1.807, 2.05) is 31.2 Å². The second-order valence-corrected chi connectivity index (χ2v) is 5.89. The number of ether oxygens (including phenoxy) is 1. The number of nitriles is 1. The first-order chi connectivity index (χ1) is 10.5. The summed E-state index contributed by atoms with van der Waals surface area (Å²) in [6, 6.07) is 9.36. The normalized spacial score (nSPS) is 11.7. The first kappa shape index (κ1) is 15.9. The molecule has 0 amide bonds. The van der Waals surface area contributed by atoms with Crippen LogP contribution in [0.25, 0.3) is 10.1 Å². The largest absolute Gasteiger partial charge is 0.453 e. The van der Waals surface area contributed by atoms with Crippen LogP contribution in [0, 0.1) is 29.6 Å². The number of rotatable bonds is 5. The minimum Gasteiger partial charge on any atom is -0.453 e. The number of nitrogens with zero attached hydrogens (tertiary/aromatic N) is 1. The SMILES string of the molecule is CC(=N)[C@@H](C#N)C(=O)COC(=O)c1sc2ccccc2c1C. The first-order valence-corrected chi connectivity index (χ1v) is 7.40. The van der Waals surface area contributed by atoms with Gasteiger partial charge < -0.3 is 10.1 Å². The summed E-state index contributed by atoms with van der Waals surface area (Å²) in [4.78, 5) is 24.3. The summed E-state index contributed by atoms with van der Waals surface area (Å²) in [6.45, 7) is 2.71. The van der Waals surface area contributed by atoms with E-state index >= 15 is 0 Å². The minimum atomic E-state index is -1.16. The number of esters is 1. The van der Waals surface area contributed by atoms with Gasteiger partial charge >= 0.3 is 5.97 Å². The molecule has 0 spiro atoms. The molecule has 5 nitrogen and oxygen atoms in total. The Morgan fingerprint density at radius 1 is 1.41 bits per heavy atom. The van der Waals surface area contributed by atoms with Crippen molar-refractivity contribution in [1.29, 1.82) is 10.7 Å². The van der Waals surface area contributed by atoms with Gasteiger partial charge in [-0.25, -0.2) is 4.79 Å². The van der Waals surface area contributed by atoms with E-state index in [0.29, 0.717) is 4.88 Å². The highest BCUT2D eigenvalue weighted by atomic mass is 32.1. The van der Waals surface area contributed by atoms with Crippen molar-refractivity contribution in [2.75, 3.05) is 6.61 Å². The van der Waals surface area contributed by atoms with E-state index in [0.717, 1.165) is 15.6 Å². The first-order valence-electron chi connectivity index (χ1n) is 6.58. The Labute approximate surface area is 131 Å². The van der Waals surface area contributed by atoms with E-state index < -0.39 is 24.3 Å². The molecule has 112 valence electrons. The summed E-state index contributed by atoms with van der Waals surface area (Å²) in [7, 11) is 0. The van der Waals surface area contributed by atoms with Crippen LogP contribution in [0.3, 0.4) is 0 Å². The molecule has 0 saturated carbocycles. The van der Waals surface area contributed by atoms with E-state index in [1.54, 1.807) is 6.07 Å².